The second-order valence-electron chi connectivity index (χ2n) is 9.12. The topological polar surface area (TPSA) is 120 Å². The summed E-state index contributed by atoms with van der Waals surface area (Å²) in [5.41, 5.74) is 1.11. The van der Waals surface area contributed by atoms with Crippen molar-refractivity contribution in [1.82, 2.24) is 9.97 Å². The highest BCUT2D eigenvalue weighted by molar-refractivity contribution is 7.92. The number of benzene rings is 2. The van der Waals surface area contributed by atoms with Crippen LogP contribution in [0.5, 0.6) is 17.4 Å². The van der Waals surface area contributed by atoms with E-state index in [4.69, 9.17) is 9.47 Å². The number of aromatic nitrogens is 2. The Bertz CT molecular complexity index is 1530. The van der Waals surface area contributed by atoms with Gasteiger partial charge in [0.25, 0.3) is 5.91 Å². The number of hydrogen-bond donors (Lipinski definition) is 2. The summed E-state index contributed by atoms with van der Waals surface area (Å²) in [4.78, 5) is 21.7. The first-order chi connectivity index (χ1) is 16.9. The molecule has 0 saturated carbocycles. The quantitative estimate of drug-likeness (QED) is 0.330. The maximum atomic E-state index is 13.3. The van der Waals surface area contributed by atoms with E-state index in [0.29, 0.717) is 22.2 Å². The van der Waals surface area contributed by atoms with E-state index < -0.39 is 10.0 Å². The van der Waals surface area contributed by atoms with Crippen molar-refractivity contribution >= 4 is 48.7 Å². The number of carbonyl (C=O) groups excluding carboxylic acids is 1. The molecule has 0 atom stereocenters. The fourth-order valence-electron chi connectivity index (χ4n) is 3.51. The second kappa shape index (κ2) is 9.75. The van der Waals surface area contributed by atoms with Gasteiger partial charge in [-0.25, -0.2) is 18.4 Å². The van der Waals surface area contributed by atoms with E-state index in [2.05, 4.69) is 20.0 Å². The smallest absolute Gasteiger partial charge is 0.265 e. The van der Waals surface area contributed by atoms with Gasteiger partial charge in [0.2, 0.25) is 15.9 Å². The van der Waals surface area contributed by atoms with Gasteiger partial charge in [0.15, 0.2) is 5.75 Å². The standard InChI is InChI=1S/C25H26N4O5S2/c1-25(2,3)16-12-17(22(33-4)18(13-16)29-36(5,31)32)28-24(30)20-11-15-7-6-8-19(23(15)35-20)34-21-9-10-26-14-27-21/h6-14,29H,1-5H3,(H,28,30). The minimum absolute atomic E-state index is 0.218. The molecule has 2 heterocycles. The van der Waals surface area contributed by atoms with Gasteiger partial charge in [0.1, 0.15) is 12.1 Å². The van der Waals surface area contributed by atoms with Crippen LogP contribution in [0.3, 0.4) is 0 Å². The van der Waals surface area contributed by atoms with Crippen LogP contribution in [0.15, 0.2) is 55.0 Å². The maximum absolute atomic E-state index is 13.3. The van der Waals surface area contributed by atoms with Crippen molar-refractivity contribution in [3.8, 4) is 17.4 Å². The van der Waals surface area contributed by atoms with Gasteiger partial charge in [0.05, 0.1) is 34.3 Å². The molecule has 0 radical (unpaired) electrons. The fourth-order valence-corrected chi connectivity index (χ4v) is 5.07. The van der Waals surface area contributed by atoms with Gasteiger partial charge in [-0.2, -0.15) is 0 Å². The second-order valence-corrected chi connectivity index (χ2v) is 11.9. The SMILES string of the molecule is COc1c(NC(=O)c2cc3cccc(Oc4ccncn4)c3s2)cc(C(C)(C)C)cc1NS(C)(=O)=O. The predicted molar refractivity (Wildman–Crippen MR) is 142 cm³/mol. The summed E-state index contributed by atoms with van der Waals surface area (Å²) < 4.78 is 38.6. The molecule has 1 amide bonds. The minimum Gasteiger partial charge on any atom is -0.492 e. The van der Waals surface area contributed by atoms with E-state index >= 15 is 0 Å². The lowest BCUT2D eigenvalue weighted by Gasteiger charge is -2.23. The molecule has 11 heteroatoms. The van der Waals surface area contributed by atoms with E-state index in [1.807, 2.05) is 39.0 Å². The van der Waals surface area contributed by atoms with Crippen LogP contribution in [0.4, 0.5) is 11.4 Å². The molecule has 9 nitrogen and oxygen atoms in total. The van der Waals surface area contributed by atoms with Crippen molar-refractivity contribution in [1.29, 1.82) is 0 Å². The van der Waals surface area contributed by atoms with Gasteiger partial charge in [0, 0.05) is 12.3 Å². The zero-order chi connectivity index (χ0) is 26.1. The molecule has 0 aliphatic carbocycles. The molecule has 0 aliphatic heterocycles. The van der Waals surface area contributed by atoms with Crippen LogP contribution in [0.2, 0.25) is 0 Å². The van der Waals surface area contributed by atoms with Crippen molar-refractivity contribution < 1.29 is 22.7 Å². The van der Waals surface area contributed by atoms with Crippen molar-refractivity contribution in [2.24, 2.45) is 0 Å². The van der Waals surface area contributed by atoms with E-state index in [0.717, 1.165) is 21.9 Å². The molecule has 0 fully saturated rings. The summed E-state index contributed by atoms with van der Waals surface area (Å²) in [6.07, 6.45) is 4.04. The lowest BCUT2D eigenvalue weighted by molar-refractivity contribution is 0.103. The highest BCUT2D eigenvalue weighted by atomic mass is 32.2. The van der Waals surface area contributed by atoms with Crippen molar-refractivity contribution in [2.45, 2.75) is 26.2 Å². The maximum Gasteiger partial charge on any atom is 0.265 e. The monoisotopic (exact) mass is 526 g/mol. The lowest BCUT2D eigenvalue weighted by atomic mass is 9.86. The van der Waals surface area contributed by atoms with Gasteiger partial charge >= 0.3 is 0 Å². The van der Waals surface area contributed by atoms with Crippen LogP contribution in [-0.2, 0) is 15.4 Å². The molecule has 2 N–H and O–H groups in total. The largest absolute Gasteiger partial charge is 0.492 e. The average molecular weight is 527 g/mol. The number of nitrogens with one attached hydrogen (secondary N) is 2. The number of rotatable bonds is 7. The molecule has 0 bridgehead atoms. The molecule has 4 aromatic rings. The number of carbonyl (C=O) groups is 1. The Hall–Kier alpha value is -3.70. The number of anilines is 2. The summed E-state index contributed by atoms with van der Waals surface area (Å²) in [5.74, 6) is 0.822. The molecular formula is C25H26N4O5S2. The van der Waals surface area contributed by atoms with Gasteiger partial charge in [-0.3, -0.25) is 9.52 Å². The third-order valence-corrected chi connectivity index (χ3v) is 6.96. The van der Waals surface area contributed by atoms with Crippen molar-refractivity contribution in [2.75, 3.05) is 23.4 Å². The van der Waals surface area contributed by atoms with E-state index in [1.54, 1.807) is 30.5 Å². The Morgan fingerprint density at radius 3 is 2.47 bits per heavy atom. The Labute approximate surface area is 213 Å². The predicted octanol–water partition coefficient (Wildman–Crippen LogP) is 5.41. The first-order valence-electron chi connectivity index (χ1n) is 10.9. The molecule has 188 valence electrons. The number of ether oxygens (including phenoxy) is 2. The third-order valence-electron chi connectivity index (χ3n) is 5.20. The van der Waals surface area contributed by atoms with E-state index in [-0.39, 0.29) is 22.8 Å². The summed E-state index contributed by atoms with van der Waals surface area (Å²) in [6, 6.07) is 12.5. The third kappa shape index (κ3) is 5.74. The minimum atomic E-state index is -3.58. The number of amides is 1. The molecule has 0 unspecified atom stereocenters. The molecule has 2 aromatic carbocycles. The first kappa shape index (κ1) is 25.4. The Kier molecular flexibility index (Phi) is 6.87. The van der Waals surface area contributed by atoms with Gasteiger partial charge in [-0.05, 0) is 40.6 Å². The van der Waals surface area contributed by atoms with Crippen LogP contribution in [0, 0.1) is 0 Å². The van der Waals surface area contributed by atoms with E-state index in [1.165, 1.54) is 24.8 Å². The fraction of sp³-hybridized carbons (Fsp3) is 0.240. The number of hydrogen-bond acceptors (Lipinski definition) is 8. The molecule has 0 spiro atoms. The Morgan fingerprint density at radius 1 is 1.08 bits per heavy atom. The highest BCUT2D eigenvalue weighted by Gasteiger charge is 2.23. The summed E-state index contributed by atoms with van der Waals surface area (Å²) in [5, 5.41) is 3.74. The number of sulfonamides is 1. The molecular weight excluding hydrogens is 500 g/mol. The molecule has 4 rings (SSSR count). The molecule has 0 saturated heterocycles. The zero-order valence-corrected chi connectivity index (χ0v) is 22.1. The molecule has 0 aliphatic rings. The number of methoxy groups -OCH3 is 1. The normalized spacial score (nSPS) is 11.8. The zero-order valence-electron chi connectivity index (χ0n) is 20.4. The molecule has 36 heavy (non-hydrogen) atoms. The van der Waals surface area contributed by atoms with Crippen LogP contribution in [-0.4, -0.2) is 37.7 Å². The van der Waals surface area contributed by atoms with Gasteiger partial charge in [-0.1, -0.05) is 32.9 Å². The number of thiophene rings is 1. The first-order valence-corrected chi connectivity index (χ1v) is 13.6. The summed E-state index contributed by atoms with van der Waals surface area (Å²) in [7, 11) is -2.16. The van der Waals surface area contributed by atoms with Gasteiger partial charge in [-0.15, -0.1) is 11.3 Å². The summed E-state index contributed by atoms with van der Waals surface area (Å²) in [6.45, 7) is 5.99. The van der Waals surface area contributed by atoms with Crippen LogP contribution in [0.25, 0.3) is 10.1 Å². The highest BCUT2D eigenvalue weighted by Crippen LogP contribution is 2.40. The number of fused-ring (bicyclic) bond motifs is 1. The average Bonchev–Trinajstić information content (AvgIpc) is 3.24. The lowest BCUT2D eigenvalue weighted by Crippen LogP contribution is -2.18. The van der Waals surface area contributed by atoms with E-state index in [9.17, 15) is 13.2 Å². The molecule has 2 aromatic heterocycles. The van der Waals surface area contributed by atoms with Crippen LogP contribution >= 0.6 is 11.3 Å². The van der Waals surface area contributed by atoms with Crippen molar-refractivity contribution in [3.63, 3.8) is 0 Å². The Morgan fingerprint density at radius 2 is 1.83 bits per heavy atom. The number of nitrogens with zero attached hydrogens (tertiary/aromatic N) is 2. The van der Waals surface area contributed by atoms with Crippen LogP contribution in [0.1, 0.15) is 36.0 Å². The van der Waals surface area contributed by atoms with Gasteiger partial charge < -0.3 is 14.8 Å². The Balaban J connectivity index is 1.71. The van der Waals surface area contributed by atoms with Crippen molar-refractivity contribution in [3.05, 3.63) is 65.4 Å². The van der Waals surface area contributed by atoms with Crippen LogP contribution < -0.4 is 19.5 Å². The summed E-state index contributed by atoms with van der Waals surface area (Å²) >= 11 is 1.28.